The molecule has 2 heterocycles. The van der Waals surface area contributed by atoms with E-state index in [1.165, 1.54) is 0 Å². The second-order valence-electron chi connectivity index (χ2n) is 5.98. The van der Waals surface area contributed by atoms with Gasteiger partial charge in [0, 0.05) is 20.2 Å². The number of carbonyl (C=O) groups excluding carboxylic acids is 1. The summed E-state index contributed by atoms with van der Waals surface area (Å²) in [6.07, 6.45) is 0.800. The van der Waals surface area contributed by atoms with Crippen molar-refractivity contribution in [3.05, 3.63) is 47.6 Å². The van der Waals surface area contributed by atoms with Crippen molar-refractivity contribution in [3.63, 3.8) is 0 Å². The zero-order valence-corrected chi connectivity index (χ0v) is 13.9. The lowest BCUT2D eigenvalue weighted by Gasteiger charge is -2.20. The standard InChI is InChI=1S/C17H22N4O3/c1-12-19-17(24-20-12)15-8-14(23-2)10-21(15)11-16(22)18-9-13-6-4-3-5-7-13/h3-7,14-15H,8-11H2,1-2H3,(H,18,22)/t14-,15-/m1/s1. The minimum Gasteiger partial charge on any atom is -0.380 e. The molecule has 3 rings (SSSR count). The highest BCUT2D eigenvalue weighted by atomic mass is 16.5. The maximum Gasteiger partial charge on any atom is 0.244 e. The maximum absolute atomic E-state index is 12.3. The fraction of sp³-hybridized carbons (Fsp3) is 0.471. The molecular formula is C17H22N4O3. The normalized spacial score (nSPS) is 21.1. The highest BCUT2D eigenvalue weighted by Crippen LogP contribution is 2.31. The van der Waals surface area contributed by atoms with Crippen molar-refractivity contribution in [2.45, 2.75) is 32.0 Å². The van der Waals surface area contributed by atoms with Gasteiger partial charge in [-0.2, -0.15) is 4.98 Å². The number of hydrogen-bond acceptors (Lipinski definition) is 6. The Morgan fingerprint density at radius 1 is 1.42 bits per heavy atom. The molecule has 1 N–H and O–H groups in total. The number of likely N-dealkylation sites (tertiary alicyclic amines) is 1. The largest absolute Gasteiger partial charge is 0.380 e. The van der Waals surface area contributed by atoms with Crippen molar-refractivity contribution in [1.82, 2.24) is 20.4 Å². The summed E-state index contributed by atoms with van der Waals surface area (Å²) >= 11 is 0. The molecule has 0 radical (unpaired) electrons. The van der Waals surface area contributed by atoms with Crippen molar-refractivity contribution < 1.29 is 14.1 Å². The first-order chi connectivity index (χ1) is 11.7. The molecule has 7 nitrogen and oxygen atoms in total. The van der Waals surface area contributed by atoms with Gasteiger partial charge in [0.2, 0.25) is 11.8 Å². The van der Waals surface area contributed by atoms with Crippen molar-refractivity contribution in [1.29, 1.82) is 0 Å². The number of hydrogen-bond donors (Lipinski definition) is 1. The van der Waals surface area contributed by atoms with Crippen molar-refractivity contribution >= 4 is 5.91 Å². The van der Waals surface area contributed by atoms with Crippen LogP contribution in [0.3, 0.4) is 0 Å². The second-order valence-corrected chi connectivity index (χ2v) is 5.98. The Balaban J connectivity index is 1.60. The minimum atomic E-state index is -0.0846. The number of amides is 1. The fourth-order valence-corrected chi connectivity index (χ4v) is 2.95. The van der Waals surface area contributed by atoms with Crippen LogP contribution in [-0.2, 0) is 16.1 Å². The highest BCUT2D eigenvalue weighted by molar-refractivity contribution is 5.78. The lowest BCUT2D eigenvalue weighted by atomic mass is 10.2. The van der Waals surface area contributed by atoms with Gasteiger partial charge in [-0.1, -0.05) is 35.5 Å². The van der Waals surface area contributed by atoms with Crippen molar-refractivity contribution in [3.8, 4) is 0 Å². The summed E-state index contributed by atoms with van der Waals surface area (Å²) < 4.78 is 10.7. The van der Waals surface area contributed by atoms with Crippen molar-refractivity contribution in [2.75, 3.05) is 20.2 Å². The maximum atomic E-state index is 12.3. The van der Waals surface area contributed by atoms with E-state index in [0.29, 0.717) is 24.8 Å². The smallest absolute Gasteiger partial charge is 0.244 e. The van der Waals surface area contributed by atoms with Gasteiger partial charge in [0.1, 0.15) is 0 Å². The lowest BCUT2D eigenvalue weighted by Crippen LogP contribution is -2.37. The average molecular weight is 330 g/mol. The van der Waals surface area contributed by atoms with E-state index in [9.17, 15) is 4.79 Å². The van der Waals surface area contributed by atoms with Gasteiger partial charge in [-0.25, -0.2) is 0 Å². The van der Waals surface area contributed by atoms with E-state index < -0.39 is 0 Å². The van der Waals surface area contributed by atoms with Gasteiger partial charge in [-0.15, -0.1) is 0 Å². The lowest BCUT2D eigenvalue weighted by molar-refractivity contribution is -0.122. The first-order valence-corrected chi connectivity index (χ1v) is 8.03. The molecular weight excluding hydrogens is 308 g/mol. The predicted octanol–water partition coefficient (Wildman–Crippen LogP) is 1.46. The minimum absolute atomic E-state index is 0.0307. The molecule has 0 unspecified atom stereocenters. The summed E-state index contributed by atoms with van der Waals surface area (Å²) in [6, 6.07) is 9.76. The Hall–Kier alpha value is -2.25. The van der Waals surface area contributed by atoms with Crippen LogP contribution in [0, 0.1) is 6.92 Å². The van der Waals surface area contributed by atoms with Crippen LogP contribution in [0.1, 0.15) is 29.7 Å². The number of carbonyl (C=O) groups is 1. The Kier molecular flexibility index (Phi) is 5.22. The molecule has 1 amide bonds. The van der Waals surface area contributed by atoms with E-state index in [1.807, 2.05) is 35.2 Å². The van der Waals surface area contributed by atoms with Crippen LogP contribution >= 0.6 is 0 Å². The topological polar surface area (TPSA) is 80.5 Å². The van der Waals surface area contributed by atoms with E-state index in [2.05, 4.69) is 15.5 Å². The summed E-state index contributed by atoms with van der Waals surface area (Å²) in [5, 5.41) is 6.80. The first kappa shape index (κ1) is 16.6. The second kappa shape index (κ2) is 7.55. The Bertz CT molecular complexity index is 673. The molecule has 1 aromatic heterocycles. The van der Waals surface area contributed by atoms with Gasteiger partial charge in [-0.3, -0.25) is 9.69 Å². The van der Waals surface area contributed by atoms with Crippen LogP contribution in [0.25, 0.3) is 0 Å². The predicted molar refractivity (Wildman–Crippen MR) is 87.1 cm³/mol. The molecule has 0 bridgehead atoms. The first-order valence-electron chi connectivity index (χ1n) is 8.03. The van der Waals surface area contributed by atoms with Gasteiger partial charge < -0.3 is 14.6 Å². The number of benzene rings is 1. The SMILES string of the molecule is CO[C@@H]1C[C@H](c2nc(C)no2)N(CC(=O)NCc2ccccc2)C1. The number of nitrogens with zero attached hydrogens (tertiary/aromatic N) is 3. The molecule has 7 heteroatoms. The summed E-state index contributed by atoms with van der Waals surface area (Å²) in [6.45, 7) is 3.25. The molecule has 24 heavy (non-hydrogen) atoms. The van der Waals surface area contributed by atoms with Crippen LogP contribution in [0.5, 0.6) is 0 Å². The number of ether oxygens (including phenoxy) is 1. The third-order valence-corrected chi connectivity index (χ3v) is 4.21. The van der Waals surface area contributed by atoms with E-state index in [4.69, 9.17) is 9.26 Å². The Labute approximate surface area is 141 Å². The zero-order chi connectivity index (χ0) is 16.9. The van der Waals surface area contributed by atoms with Crippen molar-refractivity contribution in [2.24, 2.45) is 0 Å². The zero-order valence-electron chi connectivity index (χ0n) is 13.9. The summed E-state index contributed by atoms with van der Waals surface area (Å²) in [4.78, 5) is 18.6. The number of methoxy groups -OCH3 is 1. The molecule has 1 saturated heterocycles. The van der Waals surface area contributed by atoms with Gasteiger partial charge in [0.25, 0.3) is 0 Å². The molecule has 1 aromatic carbocycles. The highest BCUT2D eigenvalue weighted by Gasteiger charge is 2.37. The van der Waals surface area contributed by atoms with Gasteiger partial charge >= 0.3 is 0 Å². The fourth-order valence-electron chi connectivity index (χ4n) is 2.95. The van der Waals surface area contributed by atoms with E-state index in [1.54, 1.807) is 14.0 Å². The number of nitrogens with one attached hydrogen (secondary N) is 1. The molecule has 128 valence electrons. The quantitative estimate of drug-likeness (QED) is 0.863. The third-order valence-electron chi connectivity index (χ3n) is 4.21. The average Bonchev–Trinajstić information content (AvgIpc) is 3.20. The Morgan fingerprint density at radius 3 is 2.88 bits per heavy atom. The van der Waals surface area contributed by atoms with Gasteiger partial charge in [-0.05, 0) is 18.9 Å². The molecule has 0 saturated carbocycles. The Morgan fingerprint density at radius 2 is 2.21 bits per heavy atom. The van der Waals surface area contributed by atoms with E-state index >= 15 is 0 Å². The molecule has 1 fully saturated rings. The number of aromatic nitrogens is 2. The molecule has 1 aliphatic rings. The summed E-state index contributed by atoms with van der Waals surface area (Å²) in [7, 11) is 1.68. The van der Waals surface area contributed by atoms with Crippen LogP contribution in [0.2, 0.25) is 0 Å². The molecule has 0 aliphatic carbocycles. The van der Waals surface area contributed by atoms with E-state index in [-0.39, 0.29) is 24.6 Å². The molecule has 2 atom stereocenters. The number of rotatable bonds is 6. The summed E-state index contributed by atoms with van der Waals surface area (Å²) in [5.41, 5.74) is 1.08. The van der Waals surface area contributed by atoms with Crippen LogP contribution in [0.4, 0.5) is 0 Å². The summed E-state index contributed by atoms with van der Waals surface area (Å²) in [5.74, 6) is 1.11. The third kappa shape index (κ3) is 3.98. The van der Waals surface area contributed by atoms with Gasteiger partial charge in [0.15, 0.2) is 5.82 Å². The van der Waals surface area contributed by atoms with Crippen LogP contribution in [0.15, 0.2) is 34.9 Å². The molecule has 0 spiro atoms. The number of aryl methyl sites for hydroxylation is 1. The monoisotopic (exact) mass is 330 g/mol. The van der Waals surface area contributed by atoms with Crippen LogP contribution in [-0.4, -0.2) is 47.3 Å². The van der Waals surface area contributed by atoms with Crippen LogP contribution < -0.4 is 5.32 Å². The van der Waals surface area contributed by atoms with E-state index in [0.717, 1.165) is 12.0 Å². The molecule has 2 aromatic rings. The molecule has 1 aliphatic heterocycles. The van der Waals surface area contributed by atoms with Gasteiger partial charge in [0.05, 0.1) is 18.7 Å².